The molecule has 3 N–H and O–H groups in total. The minimum absolute atomic E-state index is 0.00640. The number of para-hydroxylation sites is 1. The van der Waals surface area contributed by atoms with Gasteiger partial charge in [-0.2, -0.15) is 0 Å². The Morgan fingerprint density at radius 3 is 2.58 bits per heavy atom. The van der Waals surface area contributed by atoms with Crippen LogP contribution in [0.3, 0.4) is 0 Å². The third-order valence-electron chi connectivity index (χ3n) is 5.69. The second kappa shape index (κ2) is 8.89. The largest absolute Gasteiger partial charge is 0.492 e. The minimum Gasteiger partial charge on any atom is -0.492 e. The number of ether oxygens (including phenoxy) is 1. The summed E-state index contributed by atoms with van der Waals surface area (Å²) in [6.07, 6.45) is 0.240. The second-order valence-electron chi connectivity index (χ2n) is 8.06. The monoisotopic (exact) mass is 419 g/mol. The summed E-state index contributed by atoms with van der Waals surface area (Å²) >= 11 is 0. The summed E-state index contributed by atoms with van der Waals surface area (Å²) in [5.74, 6) is 1.03. The number of hydrogen-bond donors (Lipinski definition) is 3. The molecule has 3 aromatic rings. The van der Waals surface area contributed by atoms with Gasteiger partial charge in [0, 0.05) is 11.4 Å². The number of carbonyl (C=O) groups excluding carboxylic acids is 1. The number of nitrogens with one attached hydrogen (secondary N) is 3. The van der Waals surface area contributed by atoms with E-state index in [9.17, 15) is 4.79 Å². The summed E-state index contributed by atoms with van der Waals surface area (Å²) < 4.78 is 5.73. The van der Waals surface area contributed by atoms with E-state index in [-0.39, 0.29) is 17.9 Å². The average molecular weight is 420 g/mol. The van der Waals surface area contributed by atoms with E-state index in [1.807, 2.05) is 39.0 Å². The molecule has 0 saturated carbocycles. The van der Waals surface area contributed by atoms with Crippen molar-refractivity contribution in [3.05, 3.63) is 59.3 Å². The Morgan fingerprint density at radius 1 is 1.10 bits per heavy atom. The zero-order valence-electron chi connectivity index (χ0n) is 18.4. The van der Waals surface area contributed by atoms with E-state index in [1.54, 1.807) is 0 Å². The molecule has 31 heavy (non-hydrogen) atoms. The number of rotatable bonds is 6. The summed E-state index contributed by atoms with van der Waals surface area (Å²) in [6.45, 7) is 8.54. The first-order valence-electron chi connectivity index (χ1n) is 10.7. The molecule has 162 valence electrons. The molecule has 1 aliphatic rings. The summed E-state index contributed by atoms with van der Waals surface area (Å²) in [5.41, 5.74) is 3.97. The lowest BCUT2D eigenvalue weighted by atomic mass is 9.90. The highest BCUT2D eigenvalue weighted by molar-refractivity contribution is 5.87. The van der Waals surface area contributed by atoms with Gasteiger partial charge < -0.3 is 15.4 Å². The standard InChI is InChI=1S/C24H29N5O2/c1-5-31-20-8-6-7-18-15(3)25-23(27-21(18)20)29-24-26-16(4)19(22(30)28-24)13-17-11-9-14(2)10-12-17/h6-12,16,19,24,26H,5,13H2,1-4H3,(H,28,30)(H,25,27,29). The zero-order chi connectivity index (χ0) is 22.0. The highest BCUT2D eigenvalue weighted by atomic mass is 16.5. The maximum Gasteiger partial charge on any atom is 0.227 e. The molecule has 2 heterocycles. The van der Waals surface area contributed by atoms with Crippen LogP contribution in [-0.4, -0.2) is 34.8 Å². The molecule has 1 aromatic heterocycles. The van der Waals surface area contributed by atoms with Crippen LogP contribution in [0.1, 0.15) is 30.7 Å². The molecule has 3 unspecified atom stereocenters. The van der Waals surface area contributed by atoms with Crippen molar-refractivity contribution in [2.45, 2.75) is 46.4 Å². The molecule has 1 aliphatic heterocycles. The number of aryl methyl sites for hydroxylation is 2. The van der Waals surface area contributed by atoms with Gasteiger partial charge in [-0.15, -0.1) is 0 Å². The predicted molar refractivity (Wildman–Crippen MR) is 122 cm³/mol. The Hall–Kier alpha value is -3.19. The van der Waals surface area contributed by atoms with Gasteiger partial charge in [0.2, 0.25) is 11.9 Å². The molecule has 7 heteroatoms. The number of aromatic nitrogens is 2. The van der Waals surface area contributed by atoms with Crippen molar-refractivity contribution in [1.82, 2.24) is 20.6 Å². The number of benzene rings is 2. The van der Waals surface area contributed by atoms with Crippen molar-refractivity contribution >= 4 is 22.8 Å². The van der Waals surface area contributed by atoms with Crippen molar-refractivity contribution in [3.63, 3.8) is 0 Å². The molecule has 1 fully saturated rings. The molecule has 4 rings (SSSR count). The number of fused-ring (bicyclic) bond motifs is 1. The van der Waals surface area contributed by atoms with Gasteiger partial charge in [0.05, 0.1) is 18.2 Å². The first-order valence-corrected chi connectivity index (χ1v) is 10.7. The van der Waals surface area contributed by atoms with E-state index >= 15 is 0 Å². The van der Waals surface area contributed by atoms with Crippen LogP contribution >= 0.6 is 0 Å². The molecular formula is C24H29N5O2. The number of hydrogen-bond acceptors (Lipinski definition) is 6. The van der Waals surface area contributed by atoms with Crippen LogP contribution in [0, 0.1) is 19.8 Å². The predicted octanol–water partition coefficient (Wildman–Crippen LogP) is 3.31. The van der Waals surface area contributed by atoms with Crippen LogP contribution in [-0.2, 0) is 11.2 Å². The van der Waals surface area contributed by atoms with Gasteiger partial charge in [-0.05, 0) is 45.7 Å². The molecule has 0 aliphatic carbocycles. The fourth-order valence-electron chi connectivity index (χ4n) is 3.97. The Balaban J connectivity index is 1.49. The van der Waals surface area contributed by atoms with Crippen molar-refractivity contribution in [1.29, 1.82) is 0 Å². The van der Waals surface area contributed by atoms with Gasteiger partial charge in [0.1, 0.15) is 11.3 Å². The van der Waals surface area contributed by atoms with Gasteiger partial charge >= 0.3 is 0 Å². The van der Waals surface area contributed by atoms with E-state index in [1.165, 1.54) is 5.56 Å². The van der Waals surface area contributed by atoms with Gasteiger partial charge in [-0.1, -0.05) is 42.0 Å². The molecular weight excluding hydrogens is 390 g/mol. The van der Waals surface area contributed by atoms with Crippen molar-refractivity contribution < 1.29 is 9.53 Å². The maximum absolute atomic E-state index is 12.8. The Morgan fingerprint density at radius 2 is 1.87 bits per heavy atom. The molecule has 1 amide bonds. The lowest BCUT2D eigenvalue weighted by molar-refractivity contribution is -0.128. The highest BCUT2D eigenvalue weighted by Crippen LogP contribution is 2.27. The zero-order valence-corrected chi connectivity index (χ0v) is 18.4. The van der Waals surface area contributed by atoms with Crippen molar-refractivity contribution in [2.75, 3.05) is 11.9 Å². The Bertz CT molecular complexity index is 1080. The Labute approximate surface area is 182 Å². The summed E-state index contributed by atoms with van der Waals surface area (Å²) in [7, 11) is 0. The van der Waals surface area contributed by atoms with Crippen molar-refractivity contribution in [2.24, 2.45) is 5.92 Å². The van der Waals surface area contributed by atoms with Crippen LogP contribution in [0.5, 0.6) is 5.75 Å². The molecule has 2 aromatic carbocycles. The van der Waals surface area contributed by atoms with E-state index in [2.05, 4.69) is 57.1 Å². The number of carbonyl (C=O) groups is 1. The van der Waals surface area contributed by atoms with Gasteiger partial charge in [0.15, 0.2) is 6.29 Å². The lowest BCUT2D eigenvalue weighted by Crippen LogP contribution is -2.63. The van der Waals surface area contributed by atoms with E-state index in [4.69, 9.17) is 4.74 Å². The molecule has 0 spiro atoms. The second-order valence-corrected chi connectivity index (χ2v) is 8.06. The number of nitrogens with zero attached hydrogens (tertiary/aromatic N) is 2. The molecule has 0 radical (unpaired) electrons. The first kappa shape index (κ1) is 21.1. The van der Waals surface area contributed by atoms with Gasteiger partial charge in [-0.3, -0.25) is 10.1 Å². The minimum atomic E-state index is -0.451. The van der Waals surface area contributed by atoms with E-state index in [0.29, 0.717) is 19.0 Å². The fourth-order valence-corrected chi connectivity index (χ4v) is 3.97. The van der Waals surface area contributed by atoms with E-state index < -0.39 is 6.29 Å². The quantitative estimate of drug-likeness (QED) is 0.568. The highest BCUT2D eigenvalue weighted by Gasteiger charge is 2.33. The fraction of sp³-hybridized carbons (Fsp3) is 0.375. The maximum atomic E-state index is 12.8. The number of anilines is 1. The lowest BCUT2D eigenvalue weighted by Gasteiger charge is -2.36. The van der Waals surface area contributed by atoms with Crippen LogP contribution in [0.4, 0.5) is 5.95 Å². The molecule has 0 bridgehead atoms. The summed E-state index contributed by atoms with van der Waals surface area (Å²) in [5, 5.41) is 10.6. The molecule has 1 saturated heterocycles. The SMILES string of the molecule is CCOc1cccc2c(C)nc(NC3NC(=O)C(Cc4ccc(C)cc4)C(C)N3)nc12. The van der Waals surface area contributed by atoms with Crippen molar-refractivity contribution in [3.8, 4) is 5.75 Å². The van der Waals surface area contributed by atoms with E-state index in [0.717, 1.165) is 27.9 Å². The normalized spacial score (nSPS) is 21.0. The third kappa shape index (κ3) is 4.61. The summed E-state index contributed by atoms with van der Waals surface area (Å²) in [4.78, 5) is 22.1. The van der Waals surface area contributed by atoms with Gasteiger partial charge in [0.25, 0.3) is 0 Å². The average Bonchev–Trinajstić information content (AvgIpc) is 2.73. The molecule has 3 atom stereocenters. The Kier molecular flexibility index (Phi) is 6.04. The topological polar surface area (TPSA) is 88.2 Å². The molecule has 7 nitrogen and oxygen atoms in total. The van der Waals surface area contributed by atoms with Crippen LogP contribution < -0.4 is 20.7 Å². The van der Waals surface area contributed by atoms with Crippen LogP contribution in [0.15, 0.2) is 42.5 Å². The third-order valence-corrected chi connectivity index (χ3v) is 5.69. The van der Waals surface area contributed by atoms with Gasteiger partial charge in [-0.25, -0.2) is 9.97 Å². The first-order chi connectivity index (χ1) is 14.9. The number of amides is 1. The van der Waals surface area contributed by atoms with Crippen LogP contribution in [0.25, 0.3) is 10.9 Å². The van der Waals surface area contributed by atoms with Crippen LogP contribution in [0.2, 0.25) is 0 Å². The smallest absolute Gasteiger partial charge is 0.227 e. The summed E-state index contributed by atoms with van der Waals surface area (Å²) in [6, 6.07) is 14.1.